The highest BCUT2D eigenvalue weighted by Crippen LogP contribution is 2.12. The van der Waals surface area contributed by atoms with Crippen LogP contribution >= 0.6 is 15.9 Å². The van der Waals surface area contributed by atoms with Crippen LogP contribution in [0.2, 0.25) is 0 Å². The number of nitrogens with two attached hydrogens (primary N) is 1. The second kappa shape index (κ2) is 6.85. The first-order chi connectivity index (χ1) is 8.15. The van der Waals surface area contributed by atoms with Crippen molar-refractivity contribution < 1.29 is 10.0 Å². The third-order valence-electron chi connectivity index (χ3n) is 2.00. The van der Waals surface area contributed by atoms with Gasteiger partial charge in [0.25, 0.3) is 5.91 Å². The number of hydrogen-bond donors (Lipinski definition) is 3. The Hall–Kier alpha value is -1.63. The molecule has 1 rings (SSSR count). The number of carbonyl (C=O) groups excluding carboxylic acids is 1. The van der Waals surface area contributed by atoms with Gasteiger partial charge in [0.2, 0.25) is 0 Å². The zero-order chi connectivity index (χ0) is 12.7. The summed E-state index contributed by atoms with van der Waals surface area (Å²) in [4.78, 5) is 15.6. The van der Waals surface area contributed by atoms with Crippen molar-refractivity contribution in [2.24, 2.45) is 10.9 Å². The normalized spacial score (nSPS) is 11.2. The van der Waals surface area contributed by atoms with Crippen LogP contribution in [0, 0.1) is 0 Å². The predicted molar refractivity (Wildman–Crippen MR) is 66.9 cm³/mol. The first-order valence-corrected chi connectivity index (χ1v) is 5.79. The van der Waals surface area contributed by atoms with Crippen molar-refractivity contribution in [1.29, 1.82) is 0 Å². The van der Waals surface area contributed by atoms with Gasteiger partial charge in [-0.2, -0.15) is 0 Å². The molecule has 1 amide bonds. The smallest absolute Gasteiger partial charge is 0.271 e. The lowest BCUT2D eigenvalue weighted by Crippen LogP contribution is -2.26. The highest BCUT2D eigenvalue weighted by atomic mass is 79.9. The van der Waals surface area contributed by atoms with Crippen LogP contribution in [0.5, 0.6) is 0 Å². The molecular formula is C10H13BrN4O2. The molecule has 4 N–H and O–H groups in total. The van der Waals surface area contributed by atoms with Gasteiger partial charge in [-0.25, -0.2) is 4.98 Å². The molecule has 0 aliphatic heterocycles. The molecule has 0 aliphatic rings. The molecular weight excluding hydrogens is 288 g/mol. The van der Waals surface area contributed by atoms with Crippen molar-refractivity contribution in [2.75, 3.05) is 6.54 Å². The fraction of sp³-hybridized carbons (Fsp3) is 0.300. The average Bonchev–Trinajstić information content (AvgIpc) is 2.34. The second-order valence-electron chi connectivity index (χ2n) is 3.28. The number of rotatable bonds is 5. The third kappa shape index (κ3) is 4.39. The van der Waals surface area contributed by atoms with Gasteiger partial charge >= 0.3 is 0 Å². The lowest BCUT2D eigenvalue weighted by molar-refractivity contribution is 0.0947. The van der Waals surface area contributed by atoms with Crippen molar-refractivity contribution in [3.05, 3.63) is 28.5 Å². The topological polar surface area (TPSA) is 101 Å². The number of carbonyl (C=O) groups is 1. The van der Waals surface area contributed by atoms with Crippen LogP contribution in [-0.4, -0.2) is 28.5 Å². The molecule has 7 heteroatoms. The van der Waals surface area contributed by atoms with Crippen molar-refractivity contribution in [3.63, 3.8) is 0 Å². The van der Waals surface area contributed by atoms with Crippen LogP contribution in [0.15, 0.2) is 28.0 Å². The lowest BCUT2D eigenvalue weighted by Gasteiger charge is -2.05. The Bertz CT molecular complexity index is 423. The van der Waals surface area contributed by atoms with Crippen LogP contribution < -0.4 is 11.1 Å². The van der Waals surface area contributed by atoms with E-state index < -0.39 is 0 Å². The molecule has 0 atom stereocenters. The molecule has 0 aliphatic carbocycles. The van der Waals surface area contributed by atoms with Crippen LogP contribution in [0.3, 0.4) is 0 Å². The van der Waals surface area contributed by atoms with Gasteiger partial charge in [0.05, 0.1) is 0 Å². The van der Waals surface area contributed by atoms with E-state index in [2.05, 4.69) is 31.4 Å². The summed E-state index contributed by atoms with van der Waals surface area (Å²) >= 11 is 3.24. The minimum Gasteiger partial charge on any atom is -0.409 e. The van der Waals surface area contributed by atoms with Gasteiger partial charge in [-0.3, -0.25) is 4.79 Å². The Morgan fingerprint density at radius 2 is 2.41 bits per heavy atom. The summed E-state index contributed by atoms with van der Waals surface area (Å²) in [6.45, 7) is 0.443. The Morgan fingerprint density at radius 1 is 1.65 bits per heavy atom. The summed E-state index contributed by atoms with van der Waals surface area (Å²) in [7, 11) is 0. The molecule has 1 aromatic rings. The molecule has 1 aromatic heterocycles. The molecule has 0 radical (unpaired) electrons. The van der Waals surface area contributed by atoms with E-state index in [4.69, 9.17) is 10.9 Å². The SMILES string of the molecule is N/C(CCCNC(=O)c1ncccc1Br)=N/O. The maximum atomic E-state index is 11.7. The fourth-order valence-electron chi connectivity index (χ4n) is 1.16. The summed E-state index contributed by atoms with van der Waals surface area (Å²) in [5.74, 6) is -0.102. The van der Waals surface area contributed by atoms with Crippen molar-refractivity contribution in [2.45, 2.75) is 12.8 Å². The van der Waals surface area contributed by atoms with E-state index in [1.165, 1.54) is 0 Å². The summed E-state index contributed by atoms with van der Waals surface area (Å²) in [5, 5.41) is 13.9. The van der Waals surface area contributed by atoms with Gasteiger partial charge in [-0.15, -0.1) is 0 Å². The number of nitrogens with zero attached hydrogens (tertiary/aromatic N) is 2. The molecule has 0 fully saturated rings. The number of pyridine rings is 1. The van der Waals surface area contributed by atoms with E-state index >= 15 is 0 Å². The monoisotopic (exact) mass is 300 g/mol. The van der Waals surface area contributed by atoms with Crippen molar-refractivity contribution in [1.82, 2.24) is 10.3 Å². The van der Waals surface area contributed by atoms with E-state index in [0.717, 1.165) is 0 Å². The minimum atomic E-state index is -0.253. The zero-order valence-corrected chi connectivity index (χ0v) is 10.6. The molecule has 1 heterocycles. The number of aromatic nitrogens is 1. The van der Waals surface area contributed by atoms with Crippen molar-refractivity contribution >= 4 is 27.7 Å². The van der Waals surface area contributed by atoms with E-state index in [-0.39, 0.29) is 11.7 Å². The van der Waals surface area contributed by atoms with E-state index in [1.807, 2.05) is 0 Å². The molecule has 0 bridgehead atoms. The third-order valence-corrected chi connectivity index (χ3v) is 2.64. The summed E-state index contributed by atoms with van der Waals surface area (Å²) in [6.07, 6.45) is 2.59. The first kappa shape index (κ1) is 13.4. The highest BCUT2D eigenvalue weighted by Gasteiger charge is 2.09. The predicted octanol–water partition coefficient (Wildman–Crippen LogP) is 1.10. The van der Waals surface area contributed by atoms with Crippen LogP contribution in [0.1, 0.15) is 23.3 Å². The molecule has 6 nitrogen and oxygen atoms in total. The van der Waals surface area contributed by atoms with Crippen LogP contribution in [0.25, 0.3) is 0 Å². The van der Waals surface area contributed by atoms with E-state index in [9.17, 15) is 4.79 Å². The second-order valence-corrected chi connectivity index (χ2v) is 4.14. The van der Waals surface area contributed by atoms with Gasteiger partial charge in [0, 0.05) is 23.6 Å². The molecule has 0 aromatic carbocycles. The molecule has 17 heavy (non-hydrogen) atoms. The number of halogens is 1. The number of amides is 1. The maximum absolute atomic E-state index is 11.7. The Labute approximate surface area is 107 Å². The standard InChI is InChI=1S/C10H13BrN4O2/c11-7-3-1-5-13-9(7)10(16)14-6-2-4-8(12)15-17/h1,3,5,17H,2,4,6H2,(H2,12,15)(H,14,16). The van der Waals surface area contributed by atoms with Gasteiger partial charge in [0.1, 0.15) is 11.5 Å². The van der Waals surface area contributed by atoms with Crippen LogP contribution in [0.4, 0.5) is 0 Å². The minimum absolute atomic E-state index is 0.151. The van der Waals surface area contributed by atoms with Gasteiger partial charge < -0.3 is 16.3 Å². The van der Waals surface area contributed by atoms with E-state index in [1.54, 1.807) is 18.3 Å². The zero-order valence-electron chi connectivity index (χ0n) is 9.06. The van der Waals surface area contributed by atoms with E-state index in [0.29, 0.717) is 29.6 Å². The fourth-order valence-corrected chi connectivity index (χ4v) is 1.59. The molecule has 0 saturated heterocycles. The lowest BCUT2D eigenvalue weighted by atomic mass is 10.3. The molecule has 0 unspecified atom stereocenters. The Kier molecular flexibility index (Phi) is 5.41. The van der Waals surface area contributed by atoms with Crippen LogP contribution in [-0.2, 0) is 0 Å². The number of oxime groups is 1. The first-order valence-electron chi connectivity index (χ1n) is 5.00. The summed E-state index contributed by atoms with van der Waals surface area (Å²) < 4.78 is 0.647. The number of amidine groups is 1. The quantitative estimate of drug-likeness (QED) is 0.249. The maximum Gasteiger partial charge on any atom is 0.271 e. The van der Waals surface area contributed by atoms with Gasteiger partial charge in [-0.05, 0) is 34.5 Å². The largest absolute Gasteiger partial charge is 0.409 e. The average molecular weight is 301 g/mol. The van der Waals surface area contributed by atoms with Gasteiger partial charge in [0.15, 0.2) is 0 Å². The molecule has 0 saturated carbocycles. The summed E-state index contributed by atoms with van der Waals surface area (Å²) in [6, 6.07) is 3.48. The van der Waals surface area contributed by atoms with Gasteiger partial charge in [-0.1, -0.05) is 5.16 Å². The number of nitrogens with one attached hydrogen (secondary N) is 1. The summed E-state index contributed by atoms with van der Waals surface area (Å²) in [5.41, 5.74) is 5.64. The Balaban J connectivity index is 2.38. The highest BCUT2D eigenvalue weighted by molar-refractivity contribution is 9.10. The number of hydrogen-bond acceptors (Lipinski definition) is 4. The van der Waals surface area contributed by atoms with Crippen molar-refractivity contribution in [3.8, 4) is 0 Å². The molecule has 0 spiro atoms. The molecule has 92 valence electrons. The Morgan fingerprint density at radius 3 is 3.06 bits per heavy atom.